The first-order chi connectivity index (χ1) is 11.3. The van der Waals surface area contributed by atoms with E-state index in [2.05, 4.69) is 34.7 Å². The highest BCUT2D eigenvalue weighted by atomic mass is 127. The van der Waals surface area contributed by atoms with Gasteiger partial charge in [0.05, 0.1) is 19.3 Å². The van der Waals surface area contributed by atoms with Gasteiger partial charge in [0.2, 0.25) is 0 Å². The lowest BCUT2D eigenvalue weighted by Crippen LogP contribution is -2.39. The smallest absolute Gasteiger partial charge is 0.191 e. The fourth-order valence-electron chi connectivity index (χ4n) is 2.65. The average Bonchev–Trinajstić information content (AvgIpc) is 3.08. The van der Waals surface area contributed by atoms with Crippen LogP contribution in [0.4, 0.5) is 0 Å². The molecule has 2 N–H and O–H groups in total. The van der Waals surface area contributed by atoms with Crippen LogP contribution in [-0.4, -0.2) is 44.9 Å². The summed E-state index contributed by atoms with van der Waals surface area (Å²) in [4.78, 5) is 4.62. The molecule has 0 amide bonds. The number of para-hydroxylation sites is 1. The quantitative estimate of drug-likeness (QED) is 0.366. The van der Waals surface area contributed by atoms with Crippen molar-refractivity contribution in [2.75, 3.05) is 32.8 Å². The first kappa shape index (κ1) is 21.0. The number of rotatable bonds is 8. The van der Waals surface area contributed by atoms with Crippen LogP contribution in [0.3, 0.4) is 0 Å². The topological polar surface area (TPSA) is 54.9 Å². The number of nitrogens with zero attached hydrogens (tertiary/aromatic N) is 1. The molecule has 136 valence electrons. The van der Waals surface area contributed by atoms with E-state index in [1.165, 1.54) is 5.56 Å². The Kier molecular flexibility index (Phi) is 10.8. The van der Waals surface area contributed by atoms with Gasteiger partial charge in [-0.05, 0) is 44.7 Å². The van der Waals surface area contributed by atoms with Gasteiger partial charge >= 0.3 is 0 Å². The minimum atomic E-state index is 0. The van der Waals surface area contributed by atoms with Gasteiger partial charge in [0, 0.05) is 19.7 Å². The van der Waals surface area contributed by atoms with Crippen LogP contribution in [0.25, 0.3) is 0 Å². The Balaban J connectivity index is 0.00000288. The molecule has 0 spiro atoms. The second kappa shape index (κ2) is 12.4. The summed E-state index contributed by atoms with van der Waals surface area (Å²) in [5, 5.41) is 6.67. The number of aliphatic imine (C=N–C) groups is 1. The molecule has 1 atom stereocenters. The lowest BCUT2D eigenvalue weighted by atomic mass is 10.1. The largest absolute Gasteiger partial charge is 0.494 e. The van der Waals surface area contributed by atoms with E-state index in [-0.39, 0.29) is 30.1 Å². The molecule has 0 bridgehead atoms. The zero-order valence-corrected chi connectivity index (χ0v) is 17.0. The van der Waals surface area contributed by atoms with Crippen molar-refractivity contribution in [3.63, 3.8) is 0 Å². The van der Waals surface area contributed by atoms with Gasteiger partial charge in [0.25, 0.3) is 0 Å². The van der Waals surface area contributed by atoms with Crippen LogP contribution >= 0.6 is 24.0 Å². The van der Waals surface area contributed by atoms with Gasteiger partial charge in [-0.3, -0.25) is 4.99 Å². The van der Waals surface area contributed by atoms with E-state index in [9.17, 15) is 0 Å². The Morgan fingerprint density at radius 3 is 2.83 bits per heavy atom. The number of hydrogen-bond donors (Lipinski definition) is 2. The minimum absolute atomic E-state index is 0. The summed E-state index contributed by atoms with van der Waals surface area (Å²) in [6.07, 6.45) is 3.45. The Morgan fingerprint density at radius 2 is 2.12 bits per heavy atom. The summed E-state index contributed by atoms with van der Waals surface area (Å²) in [7, 11) is 0. The Morgan fingerprint density at radius 1 is 1.29 bits per heavy atom. The number of guanidine groups is 1. The summed E-state index contributed by atoms with van der Waals surface area (Å²) in [6, 6.07) is 8.20. The van der Waals surface area contributed by atoms with Crippen molar-refractivity contribution in [2.45, 2.75) is 39.2 Å². The molecule has 24 heavy (non-hydrogen) atoms. The van der Waals surface area contributed by atoms with E-state index < -0.39 is 0 Å². The molecule has 1 aromatic rings. The standard InChI is InChI=1S/C18H29N3O2.HI/c1-3-19-18(21-14-16-9-7-13-23-16)20-12-11-15-8-5-6-10-17(15)22-4-2;/h5-6,8,10,16H,3-4,7,9,11-14H2,1-2H3,(H2,19,20,21);1H. The SMILES string of the molecule is CCNC(=NCC1CCCO1)NCCc1ccccc1OCC.I. The highest BCUT2D eigenvalue weighted by Gasteiger charge is 2.14. The van der Waals surface area contributed by atoms with Crippen molar-refractivity contribution >= 4 is 29.9 Å². The van der Waals surface area contributed by atoms with E-state index >= 15 is 0 Å². The maximum absolute atomic E-state index is 5.67. The van der Waals surface area contributed by atoms with Crippen molar-refractivity contribution in [3.05, 3.63) is 29.8 Å². The van der Waals surface area contributed by atoms with E-state index in [0.29, 0.717) is 6.61 Å². The molecule has 0 aliphatic carbocycles. The Labute approximate surface area is 162 Å². The molecule has 1 fully saturated rings. The van der Waals surface area contributed by atoms with Crippen molar-refractivity contribution < 1.29 is 9.47 Å². The third-order valence-corrected chi connectivity index (χ3v) is 3.78. The highest BCUT2D eigenvalue weighted by molar-refractivity contribution is 14.0. The van der Waals surface area contributed by atoms with Crippen LogP contribution in [0.5, 0.6) is 5.75 Å². The van der Waals surface area contributed by atoms with E-state index in [1.54, 1.807) is 0 Å². The summed E-state index contributed by atoms with van der Waals surface area (Å²) in [5.74, 6) is 1.83. The maximum atomic E-state index is 5.67. The first-order valence-corrected chi connectivity index (χ1v) is 8.68. The predicted octanol–water partition coefficient (Wildman–Crippen LogP) is 2.98. The lowest BCUT2D eigenvalue weighted by Gasteiger charge is -2.14. The Hall–Kier alpha value is -1.02. The molecular formula is C18H30IN3O2. The number of hydrogen-bond acceptors (Lipinski definition) is 3. The third kappa shape index (κ3) is 7.25. The van der Waals surface area contributed by atoms with Crippen molar-refractivity contribution in [1.82, 2.24) is 10.6 Å². The van der Waals surface area contributed by atoms with Gasteiger partial charge < -0.3 is 20.1 Å². The Bertz CT molecular complexity index is 491. The molecule has 6 heteroatoms. The van der Waals surface area contributed by atoms with Crippen LogP contribution in [0.1, 0.15) is 32.3 Å². The van der Waals surface area contributed by atoms with Crippen molar-refractivity contribution in [2.24, 2.45) is 4.99 Å². The molecule has 1 heterocycles. The van der Waals surface area contributed by atoms with Crippen LogP contribution in [0.2, 0.25) is 0 Å². The molecule has 0 radical (unpaired) electrons. The van der Waals surface area contributed by atoms with Crippen LogP contribution in [0, 0.1) is 0 Å². The van der Waals surface area contributed by atoms with Gasteiger partial charge in [0.15, 0.2) is 5.96 Å². The van der Waals surface area contributed by atoms with Gasteiger partial charge in [-0.2, -0.15) is 0 Å². The molecule has 1 saturated heterocycles. The van der Waals surface area contributed by atoms with Crippen molar-refractivity contribution in [1.29, 1.82) is 0 Å². The van der Waals surface area contributed by atoms with Crippen LogP contribution in [0.15, 0.2) is 29.3 Å². The molecule has 2 rings (SSSR count). The van der Waals surface area contributed by atoms with Gasteiger partial charge in [-0.1, -0.05) is 18.2 Å². The molecule has 1 unspecified atom stereocenters. The lowest BCUT2D eigenvalue weighted by molar-refractivity contribution is 0.117. The molecule has 1 aliphatic rings. The zero-order valence-electron chi connectivity index (χ0n) is 14.7. The fraction of sp³-hybridized carbons (Fsp3) is 0.611. The number of ether oxygens (including phenoxy) is 2. The van der Waals surface area contributed by atoms with E-state index in [0.717, 1.165) is 57.2 Å². The monoisotopic (exact) mass is 447 g/mol. The summed E-state index contributed by atoms with van der Waals surface area (Å²) in [5.41, 5.74) is 1.22. The average molecular weight is 447 g/mol. The molecule has 0 saturated carbocycles. The number of nitrogens with one attached hydrogen (secondary N) is 2. The summed E-state index contributed by atoms with van der Waals surface area (Å²) >= 11 is 0. The summed E-state index contributed by atoms with van der Waals surface area (Å²) < 4.78 is 11.3. The van der Waals surface area contributed by atoms with E-state index in [1.807, 2.05) is 19.1 Å². The number of halogens is 1. The fourth-order valence-corrected chi connectivity index (χ4v) is 2.65. The van der Waals surface area contributed by atoms with Gasteiger partial charge in [-0.25, -0.2) is 0 Å². The van der Waals surface area contributed by atoms with Gasteiger partial charge in [-0.15, -0.1) is 24.0 Å². The molecule has 1 aromatic carbocycles. The molecule has 0 aromatic heterocycles. The van der Waals surface area contributed by atoms with E-state index in [4.69, 9.17) is 9.47 Å². The molecule has 1 aliphatic heterocycles. The highest BCUT2D eigenvalue weighted by Crippen LogP contribution is 2.18. The normalized spacial score (nSPS) is 17.2. The summed E-state index contributed by atoms with van der Waals surface area (Å²) in [6.45, 7) is 8.05. The van der Waals surface area contributed by atoms with Gasteiger partial charge in [0.1, 0.15) is 5.75 Å². The second-order valence-electron chi connectivity index (χ2n) is 5.57. The third-order valence-electron chi connectivity index (χ3n) is 3.78. The van der Waals surface area contributed by atoms with Crippen LogP contribution < -0.4 is 15.4 Å². The molecular weight excluding hydrogens is 417 g/mol. The predicted molar refractivity (Wildman–Crippen MR) is 110 cm³/mol. The minimum Gasteiger partial charge on any atom is -0.494 e. The zero-order chi connectivity index (χ0) is 16.3. The maximum Gasteiger partial charge on any atom is 0.191 e. The van der Waals surface area contributed by atoms with Crippen LogP contribution in [-0.2, 0) is 11.2 Å². The second-order valence-corrected chi connectivity index (χ2v) is 5.57. The van der Waals surface area contributed by atoms with Crippen molar-refractivity contribution in [3.8, 4) is 5.75 Å². The molecule has 5 nitrogen and oxygen atoms in total. The first-order valence-electron chi connectivity index (χ1n) is 8.68. The number of benzene rings is 1.